The summed E-state index contributed by atoms with van der Waals surface area (Å²) < 4.78 is 0. The maximum atomic E-state index is 9.24. The van der Waals surface area contributed by atoms with Crippen molar-refractivity contribution in [2.45, 2.75) is 18.2 Å². The number of nitrogens with one attached hydrogen (secondary N) is 1. The average Bonchev–Trinajstić information content (AvgIpc) is 2.84. The van der Waals surface area contributed by atoms with Crippen LogP contribution in [0.5, 0.6) is 0 Å². The van der Waals surface area contributed by atoms with E-state index >= 15 is 0 Å². The fourth-order valence-electron chi connectivity index (χ4n) is 1.81. The number of hydrogen-bond donors (Lipinski definition) is 1. The summed E-state index contributed by atoms with van der Waals surface area (Å²) in [5, 5.41) is 15.7. The van der Waals surface area contributed by atoms with Gasteiger partial charge in [0.05, 0.1) is 22.0 Å². The number of hydrogen-bond acceptors (Lipinski definition) is 5. The molecule has 3 nitrogen and oxygen atoms in total. The van der Waals surface area contributed by atoms with Crippen molar-refractivity contribution in [1.29, 1.82) is 5.26 Å². The molecule has 19 heavy (non-hydrogen) atoms. The zero-order valence-electron chi connectivity index (χ0n) is 10.9. The fraction of sp³-hybridized carbons (Fsp3) is 0.286. The highest BCUT2D eigenvalue weighted by Gasteiger charge is 2.07. The van der Waals surface area contributed by atoms with Gasteiger partial charge in [-0.3, -0.25) is 0 Å². The van der Waals surface area contributed by atoms with E-state index in [2.05, 4.69) is 21.8 Å². The van der Waals surface area contributed by atoms with E-state index in [1.165, 1.54) is 0 Å². The molecule has 0 saturated heterocycles. The van der Waals surface area contributed by atoms with Crippen LogP contribution in [0.25, 0.3) is 0 Å². The normalized spacial score (nSPS) is 10.2. The van der Waals surface area contributed by atoms with Crippen LogP contribution in [-0.2, 0) is 6.42 Å². The lowest BCUT2D eigenvalue weighted by Gasteiger charge is -2.09. The molecular weight excluding hydrogens is 274 g/mol. The lowest BCUT2D eigenvalue weighted by Crippen LogP contribution is -2.06. The molecule has 0 spiro atoms. The zero-order chi connectivity index (χ0) is 13.7. The highest BCUT2D eigenvalue weighted by Crippen LogP contribution is 2.26. The monoisotopic (exact) mass is 289 g/mol. The molecule has 1 N–H and O–H groups in total. The summed E-state index contributed by atoms with van der Waals surface area (Å²) in [7, 11) is 0. The molecule has 1 aromatic carbocycles. The van der Waals surface area contributed by atoms with Gasteiger partial charge in [0.1, 0.15) is 6.07 Å². The van der Waals surface area contributed by atoms with E-state index in [1.54, 1.807) is 23.1 Å². The largest absolute Gasteiger partial charge is 0.384 e. The SMILES string of the molecule is CSc1cccc(NCCc2csc(C)n2)c1C#N. The Hall–Kier alpha value is -1.51. The first-order valence-corrected chi connectivity index (χ1v) is 8.07. The Morgan fingerprint density at radius 1 is 1.47 bits per heavy atom. The molecule has 0 radical (unpaired) electrons. The van der Waals surface area contributed by atoms with Gasteiger partial charge in [-0.15, -0.1) is 23.1 Å². The summed E-state index contributed by atoms with van der Waals surface area (Å²) in [4.78, 5) is 5.44. The van der Waals surface area contributed by atoms with Gasteiger partial charge in [-0.2, -0.15) is 5.26 Å². The van der Waals surface area contributed by atoms with Crippen LogP contribution in [-0.4, -0.2) is 17.8 Å². The molecule has 0 saturated carbocycles. The van der Waals surface area contributed by atoms with Gasteiger partial charge in [0.2, 0.25) is 0 Å². The predicted octanol–water partition coefficient (Wildman–Crippen LogP) is 3.70. The lowest BCUT2D eigenvalue weighted by atomic mass is 10.2. The van der Waals surface area contributed by atoms with E-state index in [4.69, 9.17) is 0 Å². The number of nitriles is 1. The van der Waals surface area contributed by atoms with Crippen molar-refractivity contribution in [1.82, 2.24) is 4.98 Å². The second-order valence-corrected chi connectivity index (χ2v) is 5.94. The Balaban J connectivity index is 2.02. The molecule has 1 heterocycles. The van der Waals surface area contributed by atoms with E-state index in [1.807, 2.05) is 31.4 Å². The van der Waals surface area contributed by atoms with Crippen molar-refractivity contribution in [3.63, 3.8) is 0 Å². The van der Waals surface area contributed by atoms with Gasteiger partial charge in [-0.05, 0) is 25.3 Å². The third-order valence-electron chi connectivity index (χ3n) is 2.72. The first-order chi connectivity index (χ1) is 9.24. The number of thiazole rings is 1. The molecule has 1 aromatic heterocycles. The number of benzene rings is 1. The molecule has 0 bridgehead atoms. The Bertz CT molecular complexity index is 599. The standard InChI is InChI=1S/C14H15N3S2/c1-10-17-11(9-19-10)6-7-16-13-4-3-5-14(18-2)12(13)8-15/h3-5,9,16H,6-7H2,1-2H3. The van der Waals surface area contributed by atoms with Crippen molar-refractivity contribution in [3.8, 4) is 6.07 Å². The van der Waals surface area contributed by atoms with E-state index in [-0.39, 0.29) is 0 Å². The number of rotatable bonds is 5. The van der Waals surface area contributed by atoms with Crippen molar-refractivity contribution in [3.05, 3.63) is 39.8 Å². The van der Waals surface area contributed by atoms with Gasteiger partial charge in [0.15, 0.2) is 0 Å². The molecule has 2 rings (SSSR count). The molecule has 0 aliphatic carbocycles. The quantitative estimate of drug-likeness (QED) is 0.853. The third-order valence-corrected chi connectivity index (χ3v) is 4.32. The Kier molecular flexibility index (Phi) is 4.83. The van der Waals surface area contributed by atoms with E-state index < -0.39 is 0 Å². The third kappa shape index (κ3) is 3.49. The van der Waals surface area contributed by atoms with Crippen LogP contribution in [0, 0.1) is 18.3 Å². The van der Waals surface area contributed by atoms with Crippen molar-refractivity contribution < 1.29 is 0 Å². The van der Waals surface area contributed by atoms with Crippen LogP contribution in [0.4, 0.5) is 5.69 Å². The number of aryl methyl sites for hydroxylation is 1. The first kappa shape index (κ1) is 13.9. The zero-order valence-corrected chi connectivity index (χ0v) is 12.6. The van der Waals surface area contributed by atoms with Gasteiger partial charge in [0.25, 0.3) is 0 Å². The average molecular weight is 289 g/mol. The second-order valence-electron chi connectivity index (χ2n) is 4.03. The highest BCUT2D eigenvalue weighted by atomic mass is 32.2. The summed E-state index contributed by atoms with van der Waals surface area (Å²) in [6, 6.07) is 8.16. The van der Waals surface area contributed by atoms with Gasteiger partial charge in [-0.25, -0.2) is 4.98 Å². The van der Waals surface area contributed by atoms with Crippen molar-refractivity contribution >= 4 is 28.8 Å². The van der Waals surface area contributed by atoms with Crippen LogP contribution < -0.4 is 5.32 Å². The van der Waals surface area contributed by atoms with Crippen LogP contribution in [0.15, 0.2) is 28.5 Å². The number of aromatic nitrogens is 1. The summed E-state index contributed by atoms with van der Waals surface area (Å²) in [5.41, 5.74) is 2.74. The van der Waals surface area contributed by atoms with Gasteiger partial charge >= 0.3 is 0 Å². The topological polar surface area (TPSA) is 48.7 Å². The van der Waals surface area contributed by atoms with Gasteiger partial charge < -0.3 is 5.32 Å². The molecular formula is C14H15N3S2. The smallest absolute Gasteiger partial charge is 0.102 e. The minimum Gasteiger partial charge on any atom is -0.384 e. The van der Waals surface area contributed by atoms with E-state index in [0.29, 0.717) is 0 Å². The van der Waals surface area contributed by atoms with E-state index in [0.717, 1.165) is 39.8 Å². The molecule has 0 atom stereocenters. The summed E-state index contributed by atoms with van der Waals surface area (Å²) in [5.74, 6) is 0. The van der Waals surface area contributed by atoms with Crippen LogP contribution in [0.1, 0.15) is 16.3 Å². The molecule has 0 unspecified atom stereocenters. The lowest BCUT2D eigenvalue weighted by molar-refractivity contribution is 0.967. The van der Waals surface area contributed by atoms with Crippen LogP contribution >= 0.6 is 23.1 Å². The molecule has 98 valence electrons. The molecule has 0 amide bonds. The number of thioether (sulfide) groups is 1. The van der Waals surface area contributed by atoms with Gasteiger partial charge in [-0.1, -0.05) is 6.07 Å². The minimum absolute atomic E-state index is 0.726. The molecule has 2 aromatic rings. The predicted molar refractivity (Wildman–Crippen MR) is 82.0 cm³/mol. The fourth-order valence-corrected chi connectivity index (χ4v) is 3.03. The van der Waals surface area contributed by atoms with Crippen molar-refractivity contribution in [2.75, 3.05) is 18.1 Å². The molecule has 0 aliphatic heterocycles. The maximum absolute atomic E-state index is 9.24. The molecule has 0 aliphatic rings. The van der Waals surface area contributed by atoms with Crippen LogP contribution in [0.2, 0.25) is 0 Å². The Morgan fingerprint density at radius 2 is 2.32 bits per heavy atom. The Morgan fingerprint density at radius 3 is 2.95 bits per heavy atom. The number of anilines is 1. The summed E-state index contributed by atoms with van der Waals surface area (Å²) in [6.07, 6.45) is 2.86. The van der Waals surface area contributed by atoms with Crippen molar-refractivity contribution in [2.24, 2.45) is 0 Å². The second kappa shape index (κ2) is 6.60. The first-order valence-electron chi connectivity index (χ1n) is 5.96. The highest BCUT2D eigenvalue weighted by molar-refractivity contribution is 7.98. The van der Waals surface area contributed by atoms with Crippen LogP contribution in [0.3, 0.4) is 0 Å². The molecule has 0 fully saturated rings. The minimum atomic E-state index is 0.726. The Labute approximate surface area is 121 Å². The van der Waals surface area contributed by atoms with Gasteiger partial charge in [0, 0.05) is 23.2 Å². The summed E-state index contributed by atoms with van der Waals surface area (Å²) >= 11 is 3.26. The maximum Gasteiger partial charge on any atom is 0.102 e. The molecule has 5 heteroatoms. The summed E-state index contributed by atoms with van der Waals surface area (Å²) in [6.45, 7) is 2.80. The van der Waals surface area contributed by atoms with E-state index in [9.17, 15) is 5.26 Å². The number of nitrogens with zero attached hydrogens (tertiary/aromatic N) is 2.